The van der Waals surface area contributed by atoms with Crippen LogP contribution in [0.5, 0.6) is 5.75 Å². The van der Waals surface area contributed by atoms with Crippen LogP contribution in [0.1, 0.15) is 37.3 Å². The predicted molar refractivity (Wildman–Crippen MR) is 77.3 cm³/mol. The van der Waals surface area contributed by atoms with Crippen molar-refractivity contribution in [3.05, 3.63) is 29.8 Å². The van der Waals surface area contributed by atoms with Gasteiger partial charge in [-0.05, 0) is 44.6 Å². The highest BCUT2D eigenvalue weighted by Gasteiger charge is 2.34. The summed E-state index contributed by atoms with van der Waals surface area (Å²) in [5, 5.41) is 9.72. The molecular weight excluding hydrogens is 238 g/mol. The van der Waals surface area contributed by atoms with Crippen molar-refractivity contribution in [2.24, 2.45) is 5.92 Å². The summed E-state index contributed by atoms with van der Waals surface area (Å²) in [6.07, 6.45) is 5.19. The van der Waals surface area contributed by atoms with Crippen LogP contribution in [0.2, 0.25) is 0 Å². The minimum atomic E-state index is 0.303. The van der Waals surface area contributed by atoms with Gasteiger partial charge in [-0.2, -0.15) is 0 Å². The van der Waals surface area contributed by atoms with Crippen molar-refractivity contribution in [3.8, 4) is 5.75 Å². The first-order valence-electron chi connectivity index (χ1n) is 7.11. The molecule has 3 nitrogen and oxygen atoms in total. The molecule has 3 unspecified atom stereocenters. The van der Waals surface area contributed by atoms with Crippen LogP contribution in [-0.2, 0) is 4.74 Å². The normalized spacial score (nSPS) is 25.5. The highest BCUT2D eigenvalue weighted by atomic mass is 16.5. The predicted octanol–water partition coefficient (Wildman–Crippen LogP) is 3.20. The van der Waals surface area contributed by atoms with E-state index >= 15 is 0 Å². The van der Waals surface area contributed by atoms with Gasteiger partial charge in [0.2, 0.25) is 0 Å². The Bertz CT molecular complexity index is 405. The zero-order chi connectivity index (χ0) is 13.8. The lowest BCUT2D eigenvalue weighted by atomic mass is 9.78. The lowest BCUT2D eigenvalue weighted by molar-refractivity contribution is -0.0109. The molecule has 0 bridgehead atoms. The van der Waals surface area contributed by atoms with E-state index in [0.29, 0.717) is 23.8 Å². The van der Waals surface area contributed by atoms with E-state index in [4.69, 9.17) is 4.74 Å². The minimum Gasteiger partial charge on any atom is -0.508 e. The maximum Gasteiger partial charge on any atom is 0.115 e. The van der Waals surface area contributed by atoms with Gasteiger partial charge < -0.3 is 14.7 Å². The number of phenols is 1. The summed E-state index contributed by atoms with van der Waals surface area (Å²) in [4.78, 5) is 2.25. The molecule has 3 atom stereocenters. The summed E-state index contributed by atoms with van der Waals surface area (Å²) >= 11 is 0. The second-order valence-corrected chi connectivity index (χ2v) is 5.73. The lowest BCUT2D eigenvalue weighted by Gasteiger charge is -2.39. The monoisotopic (exact) mass is 263 g/mol. The summed E-state index contributed by atoms with van der Waals surface area (Å²) in [5.41, 5.74) is 1.18. The molecule has 0 heterocycles. The maximum atomic E-state index is 9.72. The molecule has 1 N–H and O–H groups in total. The van der Waals surface area contributed by atoms with Crippen LogP contribution in [0.4, 0.5) is 0 Å². The van der Waals surface area contributed by atoms with Gasteiger partial charge in [0.15, 0.2) is 0 Å². The Morgan fingerprint density at radius 2 is 2.00 bits per heavy atom. The summed E-state index contributed by atoms with van der Waals surface area (Å²) in [6.45, 7) is 0. The number of hydrogen-bond acceptors (Lipinski definition) is 3. The van der Waals surface area contributed by atoms with E-state index < -0.39 is 0 Å². The first kappa shape index (κ1) is 14.4. The van der Waals surface area contributed by atoms with Crippen molar-refractivity contribution >= 4 is 0 Å². The van der Waals surface area contributed by atoms with Gasteiger partial charge in [-0.25, -0.2) is 0 Å². The summed E-state index contributed by atoms with van der Waals surface area (Å²) in [5.74, 6) is 0.838. The number of benzene rings is 1. The number of aromatic hydroxyl groups is 1. The van der Waals surface area contributed by atoms with Crippen LogP contribution in [-0.4, -0.2) is 37.3 Å². The van der Waals surface area contributed by atoms with Crippen LogP contribution in [0, 0.1) is 5.92 Å². The van der Waals surface area contributed by atoms with Gasteiger partial charge in [-0.15, -0.1) is 0 Å². The minimum absolute atomic E-state index is 0.303. The molecule has 0 aliphatic heterocycles. The molecule has 0 radical (unpaired) electrons. The Hall–Kier alpha value is -1.06. The van der Waals surface area contributed by atoms with E-state index in [2.05, 4.69) is 25.1 Å². The number of rotatable bonds is 4. The zero-order valence-corrected chi connectivity index (χ0v) is 12.2. The third kappa shape index (κ3) is 3.28. The molecule has 1 fully saturated rings. The molecule has 1 aromatic carbocycles. The molecule has 19 heavy (non-hydrogen) atoms. The van der Waals surface area contributed by atoms with Crippen molar-refractivity contribution in [1.29, 1.82) is 0 Å². The van der Waals surface area contributed by atoms with Crippen molar-refractivity contribution in [3.63, 3.8) is 0 Å². The number of hydrogen-bond donors (Lipinski definition) is 1. The molecule has 2 rings (SSSR count). The number of ether oxygens (including phenoxy) is 1. The molecule has 1 saturated carbocycles. The van der Waals surface area contributed by atoms with Crippen molar-refractivity contribution in [1.82, 2.24) is 4.90 Å². The quantitative estimate of drug-likeness (QED) is 0.905. The fourth-order valence-corrected chi connectivity index (χ4v) is 3.42. The van der Waals surface area contributed by atoms with Crippen molar-refractivity contribution in [2.45, 2.75) is 37.8 Å². The van der Waals surface area contributed by atoms with Crippen LogP contribution in [0.25, 0.3) is 0 Å². The van der Waals surface area contributed by atoms with E-state index in [1.165, 1.54) is 24.8 Å². The molecule has 1 aromatic rings. The molecule has 3 heteroatoms. The van der Waals surface area contributed by atoms with Crippen molar-refractivity contribution in [2.75, 3.05) is 21.2 Å². The first-order chi connectivity index (χ1) is 9.13. The topological polar surface area (TPSA) is 32.7 Å². The molecular formula is C16H25NO2. The van der Waals surface area contributed by atoms with E-state index in [1.54, 1.807) is 6.07 Å². The van der Waals surface area contributed by atoms with E-state index in [9.17, 15) is 5.11 Å². The molecule has 1 aliphatic carbocycles. The second-order valence-electron chi connectivity index (χ2n) is 5.73. The fraction of sp³-hybridized carbons (Fsp3) is 0.625. The summed E-state index contributed by atoms with van der Waals surface area (Å²) < 4.78 is 5.70. The van der Waals surface area contributed by atoms with Crippen molar-refractivity contribution < 1.29 is 9.84 Å². The largest absolute Gasteiger partial charge is 0.508 e. The van der Waals surface area contributed by atoms with Gasteiger partial charge in [0.1, 0.15) is 5.75 Å². The smallest absolute Gasteiger partial charge is 0.115 e. The van der Waals surface area contributed by atoms with Crippen LogP contribution in [0.15, 0.2) is 24.3 Å². The molecule has 1 aliphatic rings. The van der Waals surface area contributed by atoms with Crippen LogP contribution in [0.3, 0.4) is 0 Å². The molecule has 0 amide bonds. The van der Waals surface area contributed by atoms with Gasteiger partial charge in [-0.1, -0.05) is 25.0 Å². The zero-order valence-electron chi connectivity index (χ0n) is 12.2. The van der Waals surface area contributed by atoms with Crippen LogP contribution >= 0.6 is 0 Å². The average molecular weight is 263 g/mol. The Morgan fingerprint density at radius 1 is 1.26 bits per heavy atom. The summed E-state index contributed by atoms with van der Waals surface area (Å²) in [6, 6.07) is 7.94. The van der Waals surface area contributed by atoms with Gasteiger partial charge in [0.05, 0.1) is 6.10 Å². The standard InChI is InChI=1S/C16H25NO2/c1-17(2)16(12-7-6-8-13(18)11-12)14-9-4-5-10-15(14)19-3/h6-8,11,14-16,18H,4-5,9-10H2,1-3H3. The Morgan fingerprint density at radius 3 is 2.63 bits per heavy atom. The van der Waals surface area contributed by atoms with Gasteiger partial charge in [0.25, 0.3) is 0 Å². The number of nitrogens with zero attached hydrogens (tertiary/aromatic N) is 1. The highest BCUT2D eigenvalue weighted by molar-refractivity contribution is 5.30. The van der Waals surface area contributed by atoms with Gasteiger partial charge in [-0.3, -0.25) is 0 Å². The molecule has 0 saturated heterocycles. The molecule has 106 valence electrons. The molecule has 0 spiro atoms. The number of methoxy groups -OCH3 is 1. The second kappa shape index (κ2) is 6.40. The average Bonchev–Trinajstić information content (AvgIpc) is 2.39. The maximum absolute atomic E-state index is 9.72. The summed E-state index contributed by atoms with van der Waals surface area (Å²) in [7, 11) is 6.03. The van der Waals surface area contributed by atoms with E-state index in [0.717, 1.165) is 6.42 Å². The molecule has 0 aromatic heterocycles. The Balaban J connectivity index is 2.28. The third-order valence-electron chi connectivity index (χ3n) is 4.23. The number of phenolic OH excluding ortho intramolecular Hbond substituents is 1. The lowest BCUT2D eigenvalue weighted by Crippen LogP contribution is -2.37. The van der Waals surface area contributed by atoms with E-state index in [-0.39, 0.29) is 0 Å². The van der Waals surface area contributed by atoms with Gasteiger partial charge >= 0.3 is 0 Å². The third-order valence-corrected chi connectivity index (χ3v) is 4.23. The van der Waals surface area contributed by atoms with Crippen LogP contribution < -0.4 is 0 Å². The fourth-order valence-electron chi connectivity index (χ4n) is 3.42. The Kier molecular flexibility index (Phi) is 4.83. The Labute approximate surface area is 116 Å². The van der Waals surface area contributed by atoms with E-state index in [1.807, 2.05) is 19.2 Å². The highest BCUT2D eigenvalue weighted by Crippen LogP contribution is 2.39. The SMILES string of the molecule is COC1CCCCC1C(c1cccc(O)c1)N(C)C. The van der Waals surface area contributed by atoms with Gasteiger partial charge in [0, 0.05) is 19.1 Å². The first-order valence-corrected chi connectivity index (χ1v) is 7.11.